The molecule has 0 spiro atoms. The minimum atomic E-state index is -0.0396. The normalized spacial score (nSPS) is 10.9. The van der Waals surface area contributed by atoms with Crippen molar-refractivity contribution >= 4 is 21.6 Å². The van der Waals surface area contributed by atoms with Gasteiger partial charge in [-0.25, -0.2) is 4.98 Å². The second-order valence-corrected chi connectivity index (χ2v) is 7.51. The number of rotatable bonds is 6. The van der Waals surface area contributed by atoms with Gasteiger partial charge < -0.3 is 9.47 Å². The summed E-state index contributed by atoms with van der Waals surface area (Å²) in [5, 5.41) is 0. The molecule has 0 N–H and O–H groups in total. The molecule has 0 saturated carbocycles. The van der Waals surface area contributed by atoms with Gasteiger partial charge in [-0.05, 0) is 55.0 Å². The van der Waals surface area contributed by atoms with E-state index in [9.17, 15) is 4.79 Å². The first-order valence-corrected chi connectivity index (χ1v) is 9.78. The maximum atomic E-state index is 12.8. The zero-order valence-corrected chi connectivity index (χ0v) is 16.5. The highest BCUT2D eigenvalue weighted by molar-refractivity contribution is 7.22. The number of fused-ring (bicyclic) bond motifs is 1. The van der Waals surface area contributed by atoms with Gasteiger partial charge in [-0.15, -0.1) is 11.3 Å². The summed E-state index contributed by atoms with van der Waals surface area (Å²) < 4.78 is 13.2. The average molecular weight is 392 g/mol. The fraction of sp³-hybridized carbons (Fsp3) is 0.182. The minimum absolute atomic E-state index is 0.0396. The van der Waals surface area contributed by atoms with Crippen LogP contribution in [0.3, 0.4) is 0 Å². The van der Waals surface area contributed by atoms with Crippen LogP contribution in [0.15, 0.2) is 65.7 Å². The number of aryl methyl sites for hydroxylation is 1. The predicted molar refractivity (Wildman–Crippen MR) is 113 cm³/mol. The Hall–Kier alpha value is -3.12. The van der Waals surface area contributed by atoms with E-state index in [2.05, 4.69) is 4.98 Å². The highest BCUT2D eigenvalue weighted by atomic mass is 32.1. The van der Waals surface area contributed by atoms with Crippen molar-refractivity contribution in [2.24, 2.45) is 0 Å². The molecule has 0 bridgehead atoms. The van der Waals surface area contributed by atoms with Crippen LogP contribution in [0.5, 0.6) is 11.5 Å². The number of methoxy groups -OCH3 is 1. The fourth-order valence-corrected chi connectivity index (χ4v) is 3.96. The summed E-state index contributed by atoms with van der Waals surface area (Å²) in [4.78, 5) is 18.3. The molecule has 0 radical (unpaired) electrons. The molecule has 0 aliphatic heterocycles. The van der Waals surface area contributed by atoms with E-state index in [1.165, 1.54) is 16.9 Å². The molecule has 28 heavy (non-hydrogen) atoms. The molecule has 2 aromatic carbocycles. The number of aromatic nitrogens is 2. The van der Waals surface area contributed by atoms with Crippen molar-refractivity contribution in [1.82, 2.24) is 9.55 Å². The molecule has 6 heteroatoms. The number of hydrogen-bond donors (Lipinski definition) is 0. The summed E-state index contributed by atoms with van der Waals surface area (Å²) in [5.74, 6) is 1.60. The van der Waals surface area contributed by atoms with Crippen molar-refractivity contribution in [2.45, 2.75) is 13.5 Å². The molecule has 0 amide bonds. The number of benzene rings is 2. The van der Waals surface area contributed by atoms with Crippen LogP contribution < -0.4 is 15.0 Å². The van der Waals surface area contributed by atoms with E-state index in [4.69, 9.17) is 9.47 Å². The summed E-state index contributed by atoms with van der Waals surface area (Å²) in [5.41, 5.74) is 2.90. The summed E-state index contributed by atoms with van der Waals surface area (Å²) in [6, 6.07) is 17.6. The Morgan fingerprint density at radius 1 is 1.04 bits per heavy atom. The first-order chi connectivity index (χ1) is 13.6. The van der Waals surface area contributed by atoms with Gasteiger partial charge in [0.2, 0.25) is 0 Å². The molecule has 0 unspecified atom stereocenters. The third-order valence-electron chi connectivity index (χ3n) is 4.50. The molecule has 4 rings (SSSR count). The monoisotopic (exact) mass is 392 g/mol. The lowest BCUT2D eigenvalue weighted by atomic mass is 10.2. The lowest BCUT2D eigenvalue weighted by molar-refractivity contribution is 0.296. The molecule has 0 fully saturated rings. The van der Waals surface area contributed by atoms with Crippen LogP contribution in [0, 0.1) is 6.92 Å². The van der Waals surface area contributed by atoms with Gasteiger partial charge >= 0.3 is 0 Å². The Morgan fingerprint density at radius 3 is 2.46 bits per heavy atom. The molecule has 0 aliphatic carbocycles. The number of thiophene rings is 1. The van der Waals surface area contributed by atoms with Gasteiger partial charge in [0, 0.05) is 4.88 Å². The molecule has 2 aromatic heterocycles. The van der Waals surface area contributed by atoms with Crippen molar-refractivity contribution in [3.8, 4) is 21.9 Å². The van der Waals surface area contributed by atoms with Gasteiger partial charge in [0.1, 0.15) is 22.8 Å². The largest absolute Gasteiger partial charge is 0.497 e. The van der Waals surface area contributed by atoms with Crippen LogP contribution in [0.25, 0.3) is 20.7 Å². The van der Waals surface area contributed by atoms with Crippen LogP contribution in [0.4, 0.5) is 0 Å². The van der Waals surface area contributed by atoms with E-state index < -0.39 is 0 Å². The topological polar surface area (TPSA) is 53.4 Å². The lowest BCUT2D eigenvalue weighted by Crippen LogP contribution is -2.22. The molecule has 4 aromatic rings. The van der Waals surface area contributed by atoms with Crippen molar-refractivity contribution in [1.29, 1.82) is 0 Å². The second-order valence-electron chi connectivity index (χ2n) is 6.46. The van der Waals surface area contributed by atoms with Crippen LogP contribution >= 0.6 is 11.3 Å². The summed E-state index contributed by atoms with van der Waals surface area (Å²) in [6.45, 7) is 2.89. The lowest BCUT2D eigenvalue weighted by Gasteiger charge is -2.08. The Labute approximate surface area is 166 Å². The SMILES string of the molecule is COc1ccc(-c2cc3ncn(CCOc4ccc(C)cc4)c(=O)c3s2)cc1. The third-order valence-corrected chi connectivity index (χ3v) is 5.66. The molecule has 142 valence electrons. The van der Waals surface area contributed by atoms with Crippen molar-refractivity contribution in [3.63, 3.8) is 0 Å². The maximum absolute atomic E-state index is 12.8. The molecule has 0 atom stereocenters. The zero-order chi connectivity index (χ0) is 19.5. The Morgan fingerprint density at radius 2 is 1.75 bits per heavy atom. The summed E-state index contributed by atoms with van der Waals surface area (Å²) in [6.07, 6.45) is 1.59. The van der Waals surface area contributed by atoms with E-state index in [-0.39, 0.29) is 5.56 Å². The Balaban J connectivity index is 1.53. The predicted octanol–water partition coefficient (Wildman–Crippen LogP) is 4.52. The third kappa shape index (κ3) is 3.77. The molecule has 5 nitrogen and oxygen atoms in total. The first-order valence-electron chi connectivity index (χ1n) is 8.97. The fourth-order valence-electron chi connectivity index (χ4n) is 2.90. The second kappa shape index (κ2) is 7.86. The van der Waals surface area contributed by atoms with E-state index in [0.29, 0.717) is 17.9 Å². The maximum Gasteiger partial charge on any atom is 0.271 e. The number of hydrogen-bond acceptors (Lipinski definition) is 5. The van der Waals surface area contributed by atoms with Crippen molar-refractivity contribution < 1.29 is 9.47 Å². The van der Waals surface area contributed by atoms with Crippen LogP contribution in [-0.4, -0.2) is 23.3 Å². The molecule has 0 saturated heterocycles. The molecule has 0 aliphatic rings. The van der Waals surface area contributed by atoms with Crippen molar-refractivity contribution in [3.05, 3.63) is 76.8 Å². The number of nitrogens with zero attached hydrogens (tertiary/aromatic N) is 2. The van der Waals surface area contributed by atoms with Gasteiger partial charge in [-0.3, -0.25) is 9.36 Å². The van der Waals surface area contributed by atoms with E-state index in [1.807, 2.05) is 61.5 Å². The van der Waals surface area contributed by atoms with Gasteiger partial charge in [-0.1, -0.05) is 17.7 Å². The number of ether oxygens (including phenoxy) is 2. The van der Waals surface area contributed by atoms with Crippen LogP contribution in [0.2, 0.25) is 0 Å². The van der Waals surface area contributed by atoms with Gasteiger partial charge in [0.15, 0.2) is 0 Å². The molecular formula is C22H20N2O3S. The summed E-state index contributed by atoms with van der Waals surface area (Å²) >= 11 is 1.46. The highest BCUT2D eigenvalue weighted by Crippen LogP contribution is 2.31. The van der Waals surface area contributed by atoms with Gasteiger partial charge in [-0.2, -0.15) is 0 Å². The quantitative estimate of drug-likeness (QED) is 0.484. The highest BCUT2D eigenvalue weighted by Gasteiger charge is 2.11. The average Bonchev–Trinajstić information content (AvgIpc) is 3.16. The van der Waals surface area contributed by atoms with Gasteiger partial charge in [0.05, 0.1) is 25.5 Å². The standard InChI is InChI=1S/C22H20N2O3S/c1-15-3-7-18(8-4-15)27-12-11-24-14-23-19-13-20(28-21(19)22(24)25)16-5-9-17(26-2)10-6-16/h3-10,13-14H,11-12H2,1-2H3. The molecule has 2 heterocycles. The van der Waals surface area contributed by atoms with Crippen molar-refractivity contribution in [2.75, 3.05) is 13.7 Å². The molecular weight excluding hydrogens is 372 g/mol. The van der Waals surface area contributed by atoms with E-state index in [0.717, 1.165) is 27.5 Å². The van der Waals surface area contributed by atoms with E-state index >= 15 is 0 Å². The smallest absolute Gasteiger partial charge is 0.271 e. The van der Waals surface area contributed by atoms with E-state index in [1.54, 1.807) is 18.0 Å². The summed E-state index contributed by atoms with van der Waals surface area (Å²) in [7, 11) is 1.64. The minimum Gasteiger partial charge on any atom is -0.497 e. The van der Waals surface area contributed by atoms with Gasteiger partial charge in [0.25, 0.3) is 5.56 Å². The first kappa shape index (κ1) is 18.3. The zero-order valence-electron chi connectivity index (χ0n) is 15.7. The Bertz CT molecular complexity index is 1150. The van der Waals surface area contributed by atoms with Crippen LogP contribution in [-0.2, 0) is 6.54 Å². The van der Waals surface area contributed by atoms with Crippen LogP contribution in [0.1, 0.15) is 5.56 Å². The Kier molecular flexibility index (Phi) is 5.12.